The Morgan fingerprint density at radius 1 is 1.28 bits per heavy atom. The summed E-state index contributed by atoms with van der Waals surface area (Å²) in [4.78, 5) is 27.0. The van der Waals surface area contributed by atoms with Gasteiger partial charge in [0.15, 0.2) is 0 Å². The number of aliphatic hydroxyl groups excluding tert-OH is 1. The van der Waals surface area contributed by atoms with Gasteiger partial charge >= 0.3 is 0 Å². The minimum Gasteiger partial charge on any atom is -0.396 e. The summed E-state index contributed by atoms with van der Waals surface area (Å²) in [6.07, 6.45) is 5.88. The van der Waals surface area contributed by atoms with E-state index >= 15 is 0 Å². The van der Waals surface area contributed by atoms with Crippen molar-refractivity contribution >= 4 is 35.0 Å². The summed E-state index contributed by atoms with van der Waals surface area (Å²) in [7, 11) is 0. The molecule has 0 radical (unpaired) electrons. The van der Waals surface area contributed by atoms with Crippen LogP contribution in [0.2, 0.25) is 10.0 Å². The van der Waals surface area contributed by atoms with E-state index in [0.29, 0.717) is 35.0 Å². The number of nitrogens with zero attached hydrogens (tertiary/aromatic N) is 1. The van der Waals surface area contributed by atoms with Gasteiger partial charge in [-0.2, -0.15) is 0 Å². The highest BCUT2D eigenvalue weighted by molar-refractivity contribution is 6.35. The molecule has 7 heteroatoms. The lowest BCUT2D eigenvalue weighted by Gasteiger charge is -2.26. The Labute approximate surface area is 156 Å². The molecule has 1 fully saturated rings. The molecule has 2 amide bonds. The second-order valence-corrected chi connectivity index (χ2v) is 7.30. The quantitative estimate of drug-likeness (QED) is 0.786. The zero-order valence-corrected chi connectivity index (χ0v) is 15.1. The fourth-order valence-electron chi connectivity index (χ4n) is 3.39. The van der Waals surface area contributed by atoms with Crippen molar-refractivity contribution in [2.75, 3.05) is 13.2 Å². The number of carbonyl (C=O) groups excluding carboxylic acids is 2. The first-order valence-corrected chi connectivity index (χ1v) is 9.10. The predicted octanol–water partition coefficient (Wildman–Crippen LogP) is 2.65. The van der Waals surface area contributed by atoms with Crippen LogP contribution in [0.5, 0.6) is 0 Å². The van der Waals surface area contributed by atoms with E-state index in [4.69, 9.17) is 23.2 Å². The van der Waals surface area contributed by atoms with Gasteiger partial charge in [-0.25, -0.2) is 0 Å². The minimum absolute atomic E-state index is 0.0736. The summed E-state index contributed by atoms with van der Waals surface area (Å²) in [5.74, 6) is -0.366. The molecule has 2 N–H and O–H groups in total. The van der Waals surface area contributed by atoms with Gasteiger partial charge in [0.05, 0.1) is 10.6 Å². The third-order valence-corrected chi connectivity index (χ3v) is 5.27. The number of aliphatic hydroxyl groups is 1. The molecule has 25 heavy (non-hydrogen) atoms. The van der Waals surface area contributed by atoms with E-state index in [1.54, 1.807) is 17.0 Å². The zero-order valence-electron chi connectivity index (χ0n) is 13.6. The number of halogens is 2. The van der Waals surface area contributed by atoms with E-state index in [2.05, 4.69) is 5.32 Å². The summed E-state index contributed by atoms with van der Waals surface area (Å²) in [5.41, 5.74) is 0.315. The van der Waals surface area contributed by atoms with Gasteiger partial charge in [-0.3, -0.25) is 9.59 Å². The molecule has 0 unspecified atom stereocenters. The van der Waals surface area contributed by atoms with Crippen LogP contribution in [0.4, 0.5) is 0 Å². The number of hydrogen-bond acceptors (Lipinski definition) is 3. The van der Waals surface area contributed by atoms with E-state index in [0.717, 1.165) is 6.42 Å². The molecule has 1 aromatic rings. The Kier molecular flexibility index (Phi) is 5.67. The third kappa shape index (κ3) is 4.00. The number of rotatable bonds is 4. The first-order chi connectivity index (χ1) is 12.0. The van der Waals surface area contributed by atoms with Crippen molar-refractivity contribution < 1.29 is 14.7 Å². The number of carbonyl (C=O) groups is 2. The van der Waals surface area contributed by atoms with Crippen LogP contribution in [-0.4, -0.2) is 47.1 Å². The molecule has 0 bridgehead atoms. The molecule has 3 atom stereocenters. The zero-order chi connectivity index (χ0) is 18.0. The van der Waals surface area contributed by atoms with Crippen molar-refractivity contribution in [3.05, 3.63) is 46.0 Å². The maximum Gasteiger partial charge on any atom is 0.256 e. The Morgan fingerprint density at radius 3 is 2.80 bits per heavy atom. The Hall–Kier alpha value is -1.56. The molecule has 0 aromatic heterocycles. The van der Waals surface area contributed by atoms with Crippen LogP contribution in [0, 0.1) is 5.92 Å². The molecule has 1 heterocycles. The fraction of sp³-hybridized carbons (Fsp3) is 0.444. The Balaban J connectivity index is 1.70. The van der Waals surface area contributed by atoms with Crippen LogP contribution >= 0.6 is 23.2 Å². The molecule has 5 nitrogen and oxygen atoms in total. The normalized spacial score (nSPS) is 25.4. The Bertz CT molecular complexity index is 708. The molecule has 2 aliphatic rings. The van der Waals surface area contributed by atoms with E-state index < -0.39 is 6.04 Å². The molecule has 0 saturated carbocycles. The largest absolute Gasteiger partial charge is 0.396 e. The highest BCUT2D eigenvalue weighted by Crippen LogP contribution is 2.27. The maximum atomic E-state index is 12.8. The van der Waals surface area contributed by atoms with Gasteiger partial charge in [0, 0.05) is 30.1 Å². The number of hydrogen-bond donors (Lipinski definition) is 2. The van der Waals surface area contributed by atoms with Crippen LogP contribution in [0.3, 0.4) is 0 Å². The Morgan fingerprint density at radius 2 is 2.08 bits per heavy atom. The van der Waals surface area contributed by atoms with Crippen LogP contribution in [0.25, 0.3) is 0 Å². The number of amides is 2. The highest BCUT2D eigenvalue weighted by atomic mass is 35.5. The first kappa shape index (κ1) is 18.2. The van der Waals surface area contributed by atoms with Gasteiger partial charge in [0.1, 0.15) is 6.04 Å². The van der Waals surface area contributed by atoms with Gasteiger partial charge in [0.2, 0.25) is 5.91 Å². The van der Waals surface area contributed by atoms with E-state index in [1.807, 2.05) is 12.2 Å². The van der Waals surface area contributed by atoms with Gasteiger partial charge in [-0.05, 0) is 37.5 Å². The van der Waals surface area contributed by atoms with Crippen molar-refractivity contribution in [3.8, 4) is 0 Å². The van der Waals surface area contributed by atoms with E-state index in [1.165, 1.54) is 6.07 Å². The highest BCUT2D eigenvalue weighted by Gasteiger charge is 2.36. The van der Waals surface area contributed by atoms with Crippen molar-refractivity contribution in [2.24, 2.45) is 5.92 Å². The van der Waals surface area contributed by atoms with Crippen molar-refractivity contribution in [2.45, 2.75) is 31.3 Å². The smallest absolute Gasteiger partial charge is 0.256 e. The lowest BCUT2D eigenvalue weighted by atomic mass is 10.1. The topological polar surface area (TPSA) is 69.6 Å². The molecular weight excluding hydrogens is 363 g/mol. The molecule has 134 valence electrons. The maximum absolute atomic E-state index is 12.8. The summed E-state index contributed by atoms with van der Waals surface area (Å²) >= 11 is 12.1. The SMILES string of the molecule is O=C(N[C@@H]1C=C[C@H](CO)C1)[C@@H]1CCCN1C(=O)c1cc(Cl)ccc1Cl. The predicted molar refractivity (Wildman–Crippen MR) is 96.8 cm³/mol. The number of likely N-dealkylation sites (tertiary alicyclic amines) is 1. The summed E-state index contributed by atoms with van der Waals surface area (Å²) in [6.45, 7) is 0.587. The van der Waals surface area contributed by atoms with Gasteiger partial charge in [-0.1, -0.05) is 35.4 Å². The van der Waals surface area contributed by atoms with Gasteiger partial charge < -0.3 is 15.3 Å². The van der Waals surface area contributed by atoms with Gasteiger partial charge in [-0.15, -0.1) is 0 Å². The lowest BCUT2D eigenvalue weighted by molar-refractivity contribution is -0.125. The second kappa shape index (κ2) is 7.77. The number of nitrogens with one attached hydrogen (secondary N) is 1. The van der Waals surface area contributed by atoms with Gasteiger partial charge in [0.25, 0.3) is 5.91 Å². The monoisotopic (exact) mass is 382 g/mol. The van der Waals surface area contributed by atoms with E-state index in [-0.39, 0.29) is 30.4 Å². The van der Waals surface area contributed by atoms with Crippen molar-refractivity contribution in [3.63, 3.8) is 0 Å². The molecule has 0 spiro atoms. The fourth-order valence-corrected chi connectivity index (χ4v) is 3.76. The molecular formula is C18H20Cl2N2O3. The van der Waals surface area contributed by atoms with E-state index in [9.17, 15) is 14.7 Å². The summed E-state index contributed by atoms with van der Waals surface area (Å²) in [5, 5.41) is 12.9. The van der Waals surface area contributed by atoms with Crippen LogP contribution < -0.4 is 5.32 Å². The van der Waals surface area contributed by atoms with Crippen LogP contribution in [0.15, 0.2) is 30.4 Å². The first-order valence-electron chi connectivity index (χ1n) is 8.35. The standard InChI is InChI=1S/C18H20Cl2N2O3/c19-12-4-6-15(20)14(9-12)18(25)22-7-1-2-16(22)17(24)21-13-5-3-11(8-13)10-23/h3-6,9,11,13,16,23H,1-2,7-8,10H2,(H,21,24)/t11-,13+,16-/m0/s1. The average Bonchev–Trinajstić information content (AvgIpc) is 3.25. The molecule has 1 aliphatic heterocycles. The third-order valence-electron chi connectivity index (χ3n) is 4.71. The van der Waals surface area contributed by atoms with Crippen molar-refractivity contribution in [1.82, 2.24) is 10.2 Å². The van der Waals surface area contributed by atoms with Crippen LogP contribution in [-0.2, 0) is 4.79 Å². The van der Waals surface area contributed by atoms with Crippen molar-refractivity contribution in [1.29, 1.82) is 0 Å². The van der Waals surface area contributed by atoms with Crippen LogP contribution in [0.1, 0.15) is 29.6 Å². The molecule has 3 rings (SSSR count). The summed E-state index contributed by atoms with van der Waals surface area (Å²) < 4.78 is 0. The molecule has 1 aliphatic carbocycles. The minimum atomic E-state index is -0.510. The summed E-state index contributed by atoms with van der Waals surface area (Å²) in [6, 6.07) is 4.13. The number of benzene rings is 1. The second-order valence-electron chi connectivity index (χ2n) is 6.46. The molecule has 1 aromatic carbocycles. The lowest BCUT2D eigenvalue weighted by Crippen LogP contribution is -2.48. The average molecular weight is 383 g/mol. The molecule has 1 saturated heterocycles.